The monoisotopic (exact) mass is 367 g/mol. The van der Waals surface area contributed by atoms with E-state index in [-0.39, 0.29) is 11.7 Å². The van der Waals surface area contributed by atoms with Crippen LogP contribution in [0.3, 0.4) is 0 Å². The van der Waals surface area contributed by atoms with Gasteiger partial charge in [0.1, 0.15) is 5.75 Å². The van der Waals surface area contributed by atoms with E-state index in [2.05, 4.69) is 0 Å². The van der Waals surface area contributed by atoms with E-state index in [1.54, 1.807) is 11.4 Å². The second kappa shape index (κ2) is 8.06. The lowest BCUT2D eigenvalue weighted by atomic mass is 10.0. The normalized spacial score (nSPS) is 20.4. The minimum atomic E-state index is -3.28. The first-order valence-corrected chi connectivity index (χ1v) is 10.8. The Bertz CT molecular complexity index is 683. The van der Waals surface area contributed by atoms with E-state index in [0.717, 1.165) is 29.7 Å². The highest BCUT2D eigenvalue weighted by Crippen LogP contribution is 2.29. The third kappa shape index (κ3) is 4.54. The molecule has 1 aliphatic heterocycles. The van der Waals surface area contributed by atoms with Crippen molar-refractivity contribution in [2.45, 2.75) is 51.7 Å². The van der Waals surface area contributed by atoms with Crippen molar-refractivity contribution in [3.8, 4) is 5.75 Å². The highest BCUT2D eigenvalue weighted by Gasteiger charge is 2.29. The standard InChI is InChI=1S/C19H29NO4S/c1-15(13-24-17-7-3-4-8-17)14-25(21,22)20-11-10-18-16(12-20)6-5-9-19(18)23-2/h5-6,9,15,17H,3-4,7-8,10-14H2,1-2H3. The summed E-state index contributed by atoms with van der Waals surface area (Å²) in [6, 6.07) is 5.85. The Kier molecular flexibility index (Phi) is 6.02. The van der Waals surface area contributed by atoms with E-state index in [1.165, 1.54) is 12.8 Å². The highest BCUT2D eigenvalue weighted by molar-refractivity contribution is 7.89. The Hall–Kier alpha value is -1.11. The zero-order valence-electron chi connectivity index (χ0n) is 15.2. The number of fused-ring (bicyclic) bond motifs is 1. The van der Waals surface area contributed by atoms with Gasteiger partial charge in [0.05, 0.1) is 25.6 Å². The lowest BCUT2D eigenvalue weighted by Crippen LogP contribution is -2.39. The molecule has 0 N–H and O–H groups in total. The van der Waals surface area contributed by atoms with Gasteiger partial charge in [-0.2, -0.15) is 4.31 Å². The van der Waals surface area contributed by atoms with Crippen LogP contribution in [0.25, 0.3) is 0 Å². The fourth-order valence-electron chi connectivity index (χ4n) is 3.85. The van der Waals surface area contributed by atoms with Gasteiger partial charge in [-0.3, -0.25) is 0 Å². The molecule has 1 aromatic rings. The predicted octanol–water partition coefficient (Wildman–Crippen LogP) is 2.98. The van der Waals surface area contributed by atoms with Crippen LogP contribution < -0.4 is 4.74 Å². The molecule has 25 heavy (non-hydrogen) atoms. The molecule has 1 saturated carbocycles. The summed E-state index contributed by atoms with van der Waals surface area (Å²) >= 11 is 0. The van der Waals surface area contributed by atoms with E-state index in [1.807, 2.05) is 25.1 Å². The van der Waals surface area contributed by atoms with Crippen LogP contribution in [0, 0.1) is 5.92 Å². The fraction of sp³-hybridized carbons (Fsp3) is 0.684. The lowest BCUT2D eigenvalue weighted by molar-refractivity contribution is 0.0410. The van der Waals surface area contributed by atoms with Gasteiger partial charge in [-0.25, -0.2) is 8.42 Å². The Balaban J connectivity index is 1.58. The summed E-state index contributed by atoms with van der Waals surface area (Å²) in [6.07, 6.45) is 5.72. The minimum Gasteiger partial charge on any atom is -0.496 e. The Morgan fingerprint density at radius 2 is 2.04 bits per heavy atom. The number of rotatable bonds is 7. The van der Waals surface area contributed by atoms with Gasteiger partial charge in [-0.15, -0.1) is 0 Å². The van der Waals surface area contributed by atoms with E-state index >= 15 is 0 Å². The molecular formula is C19H29NO4S. The second-order valence-corrected chi connectivity index (χ2v) is 9.32. The van der Waals surface area contributed by atoms with Crippen molar-refractivity contribution in [3.63, 3.8) is 0 Å². The molecule has 3 rings (SSSR count). The maximum Gasteiger partial charge on any atom is 0.214 e. The van der Waals surface area contributed by atoms with Gasteiger partial charge in [0.15, 0.2) is 0 Å². The van der Waals surface area contributed by atoms with Crippen LogP contribution in [0.2, 0.25) is 0 Å². The van der Waals surface area contributed by atoms with Gasteiger partial charge >= 0.3 is 0 Å². The van der Waals surface area contributed by atoms with Crippen LogP contribution in [-0.4, -0.2) is 44.8 Å². The molecule has 1 atom stereocenters. The average Bonchev–Trinajstić information content (AvgIpc) is 3.12. The second-order valence-electron chi connectivity index (χ2n) is 7.31. The molecule has 0 spiro atoms. The number of methoxy groups -OCH3 is 1. The third-order valence-corrected chi connectivity index (χ3v) is 7.30. The van der Waals surface area contributed by atoms with Crippen molar-refractivity contribution >= 4 is 10.0 Å². The van der Waals surface area contributed by atoms with Crippen molar-refractivity contribution in [2.75, 3.05) is 26.0 Å². The van der Waals surface area contributed by atoms with E-state index < -0.39 is 10.0 Å². The zero-order chi connectivity index (χ0) is 17.9. The van der Waals surface area contributed by atoms with Crippen LogP contribution in [0.5, 0.6) is 5.75 Å². The molecular weight excluding hydrogens is 338 g/mol. The Morgan fingerprint density at radius 1 is 1.28 bits per heavy atom. The molecule has 6 heteroatoms. The van der Waals surface area contributed by atoms with Crippen LogP contribution >= 0.6 is 0 Å². The number of hydrogen-bond acceptors (Lipinski definition) is 4. The van der Waals surface area contributed by atoms with Crippen LogP contribution in [0.1, 0.15) is 43.7 Å². The van der Waals surface area contributed by atoms with E-state index in [9.17, 15) is 8.42 Å². The summed E-state index contributed by atoms with van der Waals surface area (Å²) in [5.41, 5.74) is 2.18. The molecule has 5 nitrogen and oxygen atoms in total. The average molecular weight is 368 g/mol. The first-order chi connectivity index (χ1) is 12.0. The molecule has 0 radical (unpaired) electrons. The molecule has 140 valence electrons. The summed E-state index contributed by atoms with van der Waals surface area (Å²) in [7, 11) is -1.62. The maximum atomic E-state index is 12.8. The quantitative estimate of drug-likeness (QED) is 0.743. The summed E-state index contributed by atoms with van der Waals surface area (Å²) in [5, 5.41) is 0. The van der Waals surface area contributed by atoms with Crippen molar-refractivity contribution in [1.82, 2.24) is 4.31 Å². The number of nitrogens with zero attached hydrogens (tertiary/aromatic N) is 1. The van der Waals surface area contributed by atoms with Gasteiger partial charge in [-0.1, -0.05) is 31.9 Å². The predicted molar refractivity (Wildman–Crippen MR) is 98.3 cm³/mol. The van der Waals surface area contributed by atoms with Crippen LogP contribution in [0.15, 0.2) is 18.2 Å². The molecule has 0 saturated heterocycles. The van der Waals surface area contributed by atoms with Crippen LogP contribution in [-0.2, 0) is 27.7 Å². The van der Waals surface area contributed by atoms with Crippen molar-refractivity contribution in [3.05, 3.63) is 29.3 Å². The molecule has 0 aromatic heterocycles. The fourth-order valence-corrected chi connectivity index (χ4v) is 5.58. The molecule has 1 heterocycles. The van der Waals surface area contributed by atoms with Gasteiger partial charge in [-0.05, 0) is 42.4 Å². The summed E-state index contributed by atoms with van der Waals surface area (Å²) in [4.78, 5) is 0. The molecule has 0 amide bonds. The Labute approximate surface area is 151 Å². The SMILES string of the molecule is COc1cccc2c1CCN(S(=O)(=O)CC(C)COC1CCCC1)C2. The number of ether oxygens (including phenoxy) is 2. The highest BCUT2D eigenvalue weighted by atomic mass is 32.2. The van der Waals surface area contributed by atoms with Gasteiger partial charge in [0, 0.05) is 13.1 Å². The summed E-state index contributed by atoms with van der Waals surface area (Å²) < 4.78 is 38.5. The molecule has 1 aromatic carbocycles. The summed E-state index contributed by atoms with van der Waals surface area (Å²) in [6.45, 7) is 3.45. The molecule has 2 aliphatic rings. The minimum absolute atomic E-state index is 0.0114. The summed E-state index contributed by atoms with van der Waals surface area (Å²) in [5.74, 6) is 1.02. The maximum absolute atomic E-state index is 12.8. The van der Waals surface area contributed by atoms with E-state index in [4.69, 9.17) is 9.47 Å². The topological polar surface area (TPSA) is 55.8 Å². The number of benzene rings is 1. The first kappa shape index (κ1) is 18.7. The van der Waals surface area contributed by atoms with Crippen molar-refractivity contribution in [1.29, 1.82) is 0 Å². The largest absolute Gasteiger partial charge is 0.496 e. The number of hydrogen-bond donors (Lipinski definition) is 0. The smallest absolute Gasteiger partial charge is 0.214 e. The zero-order valence-corrected chi connectivity index (χ0v) is 16.1. The molecule has 1 fully saturated rings. The molecule has 1 unspecified atom stereocenters. The molecule has 1 aliphatic carbocycles. The van der Waals surface area contributed by atoms with Gasteiger partial charge < -0.3 is 9.47 Å². The van der Waals surface area contributed by atoms with Crippen molar-refractivity contribution in [2.24, 2.45) is 5.92 Å². The molecule has 0 bridgehead atoms. The van der Waals surface area contributed by atoms with Gasteiger partial charge in [0.2, 0.25) is 10.0 Å². The number of sulfonamides is 1. The Morgan fingerprint density at radius 3 is 2.76 bits per heavy atom. The van der Waals surface area contributed by atoms with Gasteiger partial charge in [0.25, 0.3) is 0 Å². The third-order valence-electron chi connectivity index (χ3n) is 5.22. The van der Waals surface area contributed by atoms with E-state index in [0.29, 0.717) is 32.2 Å². The first-order valence-electron chi connectivity index (χ1n) is 9.24. The lowest BCUT2D eigenvalue weighted by Gasteiger charge is -2.30. The van der Waals surface area contributed by atoms with Crippen LogP contribution in [0.4, 0.5) is 0 Å². The van der Waals surface area contributed by atoms with Crippen molar-refractivity contribution < 1.29 is 17.9 Å².